The van der Waals surface area contributed by atoms with Gasteiger partial charge in [-0.25, -0.2) is 4.79 Å². The molecule has 0 fully saturated rings. The summed E-state index contributed by atoms with van der Waals surface area (Å²) in [6.07, 6.45) is 1.30. The standard InChI is InChI=1S/C11H14O4/c1-7(12)15-9-8(11(2,3)4)5-6-14-10(9)13/h5-6H,1-4H3. The van der Waals surface area contributed by atoms with Crippen LogP contribution in [0.1, 0.15) is 33.3 Å². The Kier molecular flexibility index (Phi) is 2.98. The first-order chi connectivity index (χ1) is 6.82. The van der Waals surface area contributed by atoms with Crippen LogP contribution >= 0.6 is 0 Å². The average Bonchev–Trinajstić information content (AvgIpc) is 2.05. The summed E-state index contributed by atoms with van der Waals surface area (Å²) in [5.74, 6) is -0.545. The second kappa shape index (κ2) is 3.88. The lowest BCUT2D eigenvalue weighted by Gasteiger charge is -2.20. The molecule has 0 spiro atoms. The molecule has 0 amide bonds. The Hall–Kier alpha value is -1.58. The average molecular weight is 210 g/mol. The second-order valence-corrected chi connectivity index (χ2v) is 4.29. The lowest BCUT2D eigenvalue weighted by Crippen LogP contribution is -2.20. The van der Waals surface area contributed by atoms with Crippen molar-refractivity contribution in [2.45, 2.75) is 33.1 Å². The summed E-state index contributed by atoms with van der Waals surface area (Å²) in [5, 5.41) is 0. The fourth-order valence-corrected chi connectivity index (χ4v) is 1.23. The molecule has 1 rings (SSSR count). The van der Waals surface area contributed by atoms with Crippen molar-refractivity contribution >= 4 is 5.97 Å². The highest BCUT2D eigenvalue weighted by molar-refractivity contribution is 5.69. The molecule has 0 atom stereocenters. The maximum atomic E-state index is 11.4. The highest BCUT2D eigenvalue weighted by atomic mass is 16.5. The molecule has 0 radical (unpaired) electrons. The normalized spacial score (nSPS) is 11.2. The van der Waals surface area contributed by atoms with Crippen molar-refractivity contribution in [1.29, 1.82) is 0 Å². The van der Waals surface area contributed by atoms with Crippen LogP contribution in [0.4, 0.5) is 0 Å². The van der Waals surface area contributed by atoms with Gasteiger partial charge >= 0.3 is 11.6 Å². The van der Waals surface area contributed by atoms with Crippen molar-refractivity contribution in [2.24, 2.45) is 0 Å². The predicted molar refractivity (Wildman–Crippen MR) is 55.0 cm³/mol. The molecule has 0 N–H and O–H groups in total. The fraction of sp³-hybridized carbons (Fsp3) is 0.455. The van der Waals surface area contributed by atoms with Gasteiger partial charge in [0.15, 0.2) is 0 Å². The summed E-state index contributed by atoms with van der Waals surface area (Å²) >= 11 is 0. The fourth-order valence-electron chi connectivity index (χ4n) is 1.23. The zero-order chi connectivity index (χ0) is 11.6. The zero-order valence-corrected chi connectivity index (χ0v) is 9.29. The summed E-state index contributed by atoms with van der Waals surface area (Å²) in [6, 6.07) is 1.64. The molecule has 0 aromatic carbocycles. The molecule has 0 saturated heterocycles. The number of ether oxygens (including phenoxy) is 1. The zero-order valence-electron chi connectivity index (χ0n) is 9.29. The summed E-state index contributed by atoms with van der Waals surface area (Å²) in [6.45, 7) is 7.02. The smallest absolute Gasteiger partial charge is 0.379 e. The Morgan fingerprint density at radius 3 is 2.47 bits per heavy atom. The Morgan fingerprint density at radius 2 is 2.00 bits per heavy atom. The lowest BCUT2D eigenvalue weighted by molar-refractivity contribution is -0.132. The van der Waals surface area contributed by atoms with Crippen molar-refractivity contribution in [1.82, 2.24) is 0 Å². The number of carbonyl (C=O) groups is 1. The lowest BCUT2D eigenvalue weighted by atomic mass is 9.87. The number of hydrogen-bond acceptors (Lipinski definition) is 4. The quantitative estimate of drug-likeness (QED) is 0.664. The molecular weight excluding hydrogens is 196 g/mol. The Balaban J connectivity index is 3.33. The molecule has 4 heteroatoms. The van der Waals surface area contributed by atoms with E-state index in [0.29, 0.717) is 5.56 Å². The topological polar surface area (TPSA) is 56.5 Å². The number of esters is 1. The van der Waals surface area contributed by atoms with E-state index >= 15 is 0 Å². The van der Waals surface area contributed by atoms with E-state index in [9.17, 15) is 9.59 Å². The second-order valence-electron chi connectivity index (χ2n) is 4.29. The van der Waals surface area contributed by atoms with Crippen LogP contribution < -0.4 is 10.4 Å². The van der Waals surface area contributed by atoms with E-state index in [4.69, 9.17) is 4.74 Å². The third-order valence-electron chi connectivity index (χ3n) is 1.89. The molecule has 15 heavy (non-hydrogen) atoms. The molecule has 82 valence electrons. The van der Waals surface area contributed by atoms with Gasteiger partial charge in [0.2, 0.25) is 5.75 Å². The van der Waals surface area contributed by atoms with Gasteiger partial charge in [0.25, 0.3) is 0 Å². The molecule has 1 heterocycles. The minimum absolute atomic E-state index is 0.0162. The Labute approximate surface area is 87.9 Å². The third-order valence-corrected chi connectivity index (χ3v) is 1.89. The van der Waals surface area contributed by atoms with Crippen LogP contribution in [0.5, 0.6) is 5.75 Å². The first kappa shape index (κ1) is 11.5. The first-order valence-corrected chi connectivity index (χ1v) is 4.63. The van der Waals surface area contributed by atoms with Crippen LogP contribution in [-0.2, 0) is 10.2 Å². The van der Waals surface area contributed by atoms with Gasteiger partial charge in [0.05, 0.1) is 6.26 Å². The summed E-state index contributed by atoms with van der Waals surface area (Å²) in [7, 11) is 0. The first-order valence-electron chi connectivity index (χ1n) is 4.63. The van der Waals surface area contributed by atoms with Crippen LogP contribution in [0.3, 0.4) is 0 Å². The van der Waals surface area contributed by atoms with Crippen LogP contribution in [0, 0.1) is 0 Å². The van der Waals surface area contributed by atoms with E-state index in [0.717, 1.165) is 0 Å². The Morgan fingerprint density at radius 1 is 1.40 bits per heavy atom. The van der Waals surface area contributed by atoms with Crippen molar-refractivity contribution in [3.63, 3.8) is 0 Å². The molecule has 0 saturated carbocycles. The maximum absolute atomic E-state index is 11.4. The molecule has 4 nitrogen and oxygen atoms in total. The summed E-state index contributed by atoms with van der Waals surface area (Å²) < 4.78 is 9.52. The largest absolute Gasteiger partial charge is 0.429 e. The summed E-state index contributed by atoms with van der Waals surface area (Å²) in [5.41, 5.74) is -0.243. The molecule has 0 aliphatic rings. The van der Waals surface area contributed by atoms with Gasteiger partial charge in [0, 0.05) is 12.5 Å². The van der Waals surface area contributed by atoms with E-state index in [1.165, 1.54) is 13.2 Å². The van der Waals surface area contributed by atoms with E-state index in [1.54, 1.807) is 6.07 Å². The predicted octanol–water partition coefficient (Wildman–Crippen LogP) is 1.86. The van der Waals surface area contributed by atoms with Crippen molar-refractivity contribution < 1.29 is 13.9 Å². The number of rotatable bonds is 1. The number of hydrogen-bond donors (Lipinski definition) is 0. The third kappa shape index (κ3) is 2.68. The molecule has 0 bridgehead atoms. The van der Waals surface area contributed by atoms with E-state index in [1.807, 2.05) is 20.8 Å². The molecule has 1 aromatic heterocycles. The van der Waals surface area contributed by atoms with Gasteiger partial charge in [-0.15, -0.1) is 0 Å². The van der Waals surface area contributed by atoms with Gasteiger partial charge in [-0.1, -0.05) is 20.8 Å². The van der Waals surface area contributed by atoms with E-state index < -0.39 is 11.6 Å². The molecular formula is C11H14O4. The van der Waals surface area contributed by atoms with Gasteiger partial charge < -0.3 is 9.15 Å². The van der Waals surface area contributed by atoms with Gasteiger partial charge in [-0.05, 0) is 11.5 Å². The van der Waals surface area contributed by atoms with E-state index in [-0.39, 0.29) is 11.2 Å². The van der Waals surface area contributed by atoms with Crippen molar-refractivity contribution in [3.05, 3.63) is 28.3 Å². The SMILES string of the molecule is CC(=O)Oc1c(C(C)(C)C)ccoc1=O. The van der Waals surface area contributed by atoms with Crippen LogP contribution in [-0.4, -0.2) is 5.97 Å². The van der Waals surface area contributed by atoms with E-state index in [2.05, 4.69) is 4.42 Å². The minimum Gasteiger partial charge on any atom is -0.429 e. The maximum Gasteiger partial charge on any atom is 0.379 e. The highest BCUT2D eigenvalue weighted by Gasteiger charge is 2.23. The number of carbonyl (C=O) groups excluding carboxylic acids is 1. The molecule has 0 aliphatic heterocycles. The Bertz CT molecular complexity index is 423. The van der Waals surface area contributed by atoms with Gasteiger partial charge in [0.1, 0.15) is 0 Å². The summed E-state index contributed by atoms with van der Waals surface area (Å²) in [4.78, 5) is 22.2. The molecule has 1 aromatic rings. The van der Waals surface area contributed by atoms with Gasteiger partial charge in [-0.3, -0.25) is 4.79 Å². The van der Waals surface area contributed by atoms with Crippen molar-refractivity contribution in [3.8, 4) is 5.75 Å². The van der Waals surface area contributed by atoms with Crippen LogP contribution in [0.25, 0.3) is 0 Å². The van der Waals surface area contributed by atoms with Crippen LogP contribution in [0.2, 0.25) is 0 Å². The minimum atomic E-state index is -0.627. The van der Waals surface area contributed by atoms with Gasteiger partial charge in [-0.2, -0.15) is 0 Å². The van der Waals surface area contributed by atoms with Crippen LogP contribution in [0.15, 0.2) is 21.5 Å². The van der Waals surface area contributed by atoms with Crippen molar-refractivity contribution in [2.75, 3.05) is 0 Å². The highest BCUT2D eigenvalue weighted by Crippen LogP contribution is 2.28. The monoisotopic (exact) mass is 210 g/mol. The molecule has 0 unspecified atom stereocenters. The molecule has 0 aliphatic carbocycles.